The molecule has 3 aromatic rings. The summed E-state index contributed by atoms with van der Waals surface area (Å²) in [4.78, 5) is 20.6. The minimum absolute atomic E-state index is 0.125. The van der Waals surface area contributed by atoms with Crippen molar-refractivity contribution in [3.63, 3.8) is 0 Å². The lowest BCUT2D eigenvalue weighted by Gasteiger charge is -2.38. The quantitative estimate of drug-likeness (QED) is 0.359. The number of H-pyrrole nitrogens is 1. The predicted molar refractivity (Wildman–Crippen MR) is 144 cm³/mol. The van der Waals surface area contributed by atoms with Crippen LogP contribution in [0.25, 0.3) is 0 Å². The van der Waals surface area contributed by atoms with Gasteiger partial charge in [0.25, 0.3) is 5.56 Å². The summed E-state index contributed by atoms with van der Waals surface area (Å²) in [6.45, 7) is 4.60. The molecule has 38 heavy (non-hydrogen) atoms. The number of aromatic nitrogens is 2. The van der Waals surface area contributed by atoms with Gasteiger partial charge in [-0.05, 0) is 48.2 Å². The average Bonchev–Trinajstić information content (AvgIpc) is 2.92. The third-order valence-electron chi connectivity index (χ3n) is 6.79. The minimum atomic E-state index is -0.581. The molecule has 3 N–H and O–H groups in total. The summed E-state index contributed by atoms with van der Waals surface area (Å²) in [5, 5.41) is 22.1. The van der Waals surface area contributed by atoms with Gasteiger partial charge >= 0.3 is 0 Å². The van der Waals surface area contributed by atoms with Crippen LogP contribution in [0.2, 0.25) is 0 Å². The first-order valence-corrected chi connectivity index (χ1v) is 12.8. The van der Waals surface area contributed by atoms with Crippen LogP contribution >= 0.6 is 0 Å². The molecular weight excluding hydrogens is 481 g/mol. The molecule has 0 bridgehead atoms. The first kappa shape index (κ1) is 27.1. The van der Waals surface area contributed by atoms with E-state index in [0.717, 1.165) is 36.3 Å². The number of hydrogen-bond donors (Lipinski definition) is 3. The molecular formula is C30H32FN5O2. The molecule has 196 valence electrons. The molecule has 7 nitrogen and oxygen atoms in total. The van der Waals surface area contributed by atoms with Gasteiger partial charge in [-0.1, -0.05) is 36.1 Å². The molecule has 0 aliphatic carbocycles. The van der Waals surface area contributed by atoms with Crippen molar-refractivity contribution in [1.29, 1.82) is 5.26 Å². The van der Waals surface area contributed by atoms with E-state index in [-0.39, 0.29) is 12.0 Å². The maximum atomic E-state index is 13.0. The Balaban J connectivity index is 1.40. The highest BCUT2D eigenvalue weighted by molar-refractivity contribution is 5.44. The second-order valence-electron chi connectivity index (χ2n) is 9.88. The van der Waals surface area contributed by atoms with Gasteiger partial charge in [-0.15, -0.1) is 0 Å². The van der Waals surface area contributed by atoms with Crippen molar-refractivity contribution in [1.82, 2.24) is 20.2 Å². The van der Waals surface area contributed by atoms with E-state index in [0.29, 0.717) is 31.0 Å². The number of nitrogens with zero attached hydrogens (tertiary/aromatic N) is 3. The lowest BCUT2D eigenvalue weighted by Crippen LogP contribution is -2.45. The van der Waals surface area contributed by atoms with Crippen LogP contribution in [-0.2, 0) is 13.0 Å². The molecule has 4 rings (SSSR count). The molecule has 1 aromatic heterocycles. The Kier molecular flexibility index (Phi) is 9.26. The Morgan fingerprint density at radius 2 is 1.82 bits per heavy atom. The molecule has 2 heterocycles. The van der Waals surface area contributed by atoms with Crippen molar-refractivity contribution in [2.24, 2.45) is 5.92 Å². The van der Waals surface area contributed by atoms with Crippen LogP contribution in [0.15, 0.2) is 59.7 Å². The maximum Gasteiger partial charge on any atom is 0.293 e. The third kappa shape index (κ3) is 7.29. The number of aromatic amines is 1. The maximum absolute atomic E-state index is 13.0. The minimum Gasteiger partial charge on any atom is -0.502 e. The summed E-state index contributed by atoms with van der Waals surface area (Å²) in [6.07, 6.45) is 2.24. The van der Waals surface area contributed by atoms with Gasteiger partial charge in [0.2, 0.25) is 5.75 Å². The molecule has 0 saturated carbocycles. The molecule has 1 fully saturated rings. The zero-order valence-corrected chi connectivity index (χ0v) is 21.5. The molecule has 1 unspecified atom stereocenters. The number of aromatic hydroxyl groups is 1. The highest BCUT2D eigenvalue weighted by atomic mass is 19.1. The standard InChI is InChI=1S/C30H32FN5O2/c1-21(15-31)33-16-27(14-28-29(37)30(38)35-20-34-28)26-10-8-23(9-11-26)3-2-22-4-6-24(7-5-22)17-36-18-25(19-36)12-13-32/h4-11,20-21,25,27,33,37H,12,14-19H2,1H3,(H,34,35,38)/t21-,27?/m0/s1. The van der Waals surface area contributed by atoms with Crippen LogP contribution in [0.1, 0.15) is 47.2 Å². The molecule has 8 heteroatoms. The van der Waals surface area contributed by atoms with Gasteiger partial charge in [-0.2, -0.15) is 5.26 Å². The highest BCUT2D eigenvalue weighted by Crippen LogP contribution is 2.23. The second kappa shape index (κ2) is 13.0. The SMILES string of the molecule is C[C@@H](CF)NCC(Cc1nc[nH]c(=O)c1O)c1ccc(C#Cc2ccc(CN3CC(CC#N)C3)cc2)cc1. The van der Waals surface area contributed by atoms with Crippen LogP contribution in [-0.4, -0.2) is 52.3 Å². The van der Waals surface area contributed by atoms with E-state index in [2.05, 4.69) is 50.2 Å². The summed E-state index contributed by atoms with van der Waals surface area (Å²) in [5.74, 6) is 6.40. The lowest BCUT2D eigenvalue weighted by molar-refractivity contribution is 0.0955. The number of rotatable bonds is 10. The number of likely N-dealkylation sites (tertiary alicyclic amines) is 1. The molecule has 0 spiro atoms. The summed E-state index contributed by atoms with van der Waals surface area (Å²) < 4.78 is 13.0. The van der Waals surface area contributed by atoms with E-state index in [4.69, 9.17) is 5.26 Å². The zero-order chi connectivity index (χ0) is 26.9. The van der Waals surface area contributed by atoms with Gasteiger partial charge in [0.15, 0.2) is 0 Å². The van der Waals surface area contributed by atoms with Crippen molar-refractivity contribution < 1.29 is 9.50 Å². The van der Waals surface area contributed by atoms with Gasteiger partial charge in [-0.25, -0.2) is 9.37 Å². The molecule has 1 saturated heterocycles. The molecule has 0 radical (unpaired) electrons. The van der Waals surface area contributed by atoms with E-state index in [1.54, 1.807) is 6.92 Å². The largest absolute Gasteiger partial charge is 0.502 e. The van der Waals surface area contributed by atoms with E-state index in [1.165, 1.54) is 11.9 Å². The van der Waals surface area contributed by atoms with E-state index in [1.807, 2.05) is 36.4 Å². The van der Waals surface area contributed by atoms with Crippen LogP contribution < -0.4 is 10.9 Å². The summed E-state index contributed by atoms with van der Waals surface area (Å²) >= 11 is 0. The fourth-order valence-electron chi connectivity index (χ4n) is 4.52. The summed E-state index contributed by atoms with van der Waals surface area (Å²) in [6, 6.07) is 18.0. The van der Waals surface area contributed by atoms with Crippen molar-refractivity contribution >= 4 is 0 Å². The van der Waals surface area contributed by atoms with Gasteiger partial charge in [0.05, 0.1) is 18.1 Å². The number of hydrogen-bond acceptors (Lipinski definition) is 6. The van der Waals surface area contributed by atoms with Crippen LogP contribution in [0.5, 0.6) is 5.75 Å². The topological polar surface area (TPSA) is 105 Å². The Hall–Kier alpha value is -3.98. The number of nitriles is 1. The van der Waals surface area contributed by atoms with Crippen molar-refractivity contribution in [2.45, 2.75) is 38.3 Å². The fourth-order valence-corrected chi connectivity index (χ4v) is 4.52. The number of alkyl halides is 1. The summed E-state index contributed by atoms with van der Waals surface area (Å²) in [5.41, 5.74) is 3.73. The van der Waals surface area contributed by atoms with E-state index in [9.17, 15) is 14.3 Å². The Morgan fingerprint density at radius 3 is 2.45 bits per heavy atom. The Bertz CT molecular complexity index is 1360. The molecule has 0 amide bonds. The van der Waals surface area contributed by atoms with Gasteiger partial charge in [0, 0.05) is 62.1 Å². The lowest BCUT2D eigenvalue weighted by atomic mass is 9.92. The fraction of sp³-hybridized carbons (Fsp3) is 0.367. The van der Waals surface area contributed by atoms with Crippen LogP contribution in [0, 0.1) is 29.1 Å². The third-order valence-corrected chi connectivity index (χ3v) is 6.79. The second-order valence-corrected chi connectivity index (χ2v) is 9.88. The normalized spacial score (nSPS) is 15.1. The number of benzene rings is 2. The smallest absolute Gasteiger partial charge is 0.293 e. The monoisotopic (exact) mass is 513 g/mol. The highest BCUT2D eigenvalue weighted by Gasteiger charge is 2.25. The van der Waals surface area contributed by atoms with Gasteiger partial charge in [0.1, 0.15) is 6.67 Å². The number of nitrogens with one attached hydrogen (secondary N) is 2. The predicted octanol–water partition coefficient (Wildman–Crippen LogP) is 3.49. The summed E-state index contributed by atoms with van der Waals surface area (Å²) in [7, 11) is 0. The van der Waals surface area contributed by atoms with E-state index >= 15 is 0 Å². The molecule has 1 aliphatic rings. The zero-order valence-electron chi connectivity index (χ0n) is 21.5. The average molecular weight is 514 g/mol. The molecule has 2 aromatic carbocycles. The molecule has 1 aliphatic heterocycles. The first-order valence-electron chi connectivity index (χ1n) is 12.8. The van der Waals surface area contributed by atoms with Gasteiger partial charge < -0.3 is 15.4 Å². The van der Waals surface area contributed by atoms with Crippen molar-refractivity contribution in [2.75, 3.05) is 26.3 Å². The van der Waals surface area contributed by atoms with Crippen LogP contribution in [0.4, 0.5) is 4.39 Å². The van der Waals surface area contributed by atoms with Gasteiger partial charge in [-0.3, -0.25) is 9.69 Å². The Morgan fingerprint density at radius 1 is 1.16 bits per heavy atom. The van der Waals surface area contributed by atoms with Crippen LogP contribution in [0.3, 0.4) is 0 Å². The van der Waals surface area contributed by atoms with E-state index < -0.39 is 18.0 Å². The Labute approximate surface area is 222 Å². The first-order chi connectivity index (χ1) is 18.4. The molecule has 2 atom stereocenters. The van der Waals surface area contributed by atoms with Crippen molar-refractivity contribution in [3.8, 4) is 23.7 Å². The van der Waals surface area contributed by atoms with Crippen molar-refractivity contribution in [3.05, 3.63) is 93.2 Å². The number of halogens is 1.